The number of halogens is 3. The van der Waals surface area contributed by atoms with Crippen LogP contribution in [0.4, 0.5) is 24.5 Å². The van der Waals surface area contributed by atoms with Crippen LogP contribution in [0.1, 0.15) is 12.0 Å². The summed E-state index contributed by atoms with van der Waals surface area (Å²) in [7, 11) is 0. The van der Waals surface area contributed by atoms with Gasteiger partial charge < -0.3 is 11.1 Å². The molecule has 0 unspecified atom stereocenters. The number of nitrogens with two attached hydrogens (primary N) is 1. The standard InChI is InChI=1S/C10H10F3N3O3/c11-10(12,13)6-1-2-7(8(5-6)16(18)19)15-9(17)3-4-14/h1-2,5H,3-4,14H2,(H,15,17). The number of nitro groups is 1. The van der Waals surface area contributed by atoms with Gasteiger partial charge in [-0.05, 0) is 12.1 Å². The number of hydrogen-bond donors (Lipinski definition) is 2. The van der Waals surface area contributed by atoms with Crippen LogP contribution in [0.5, 0.6) is 0 Å². The molecule has 1 amide bonds. The maximum Gasteiger partial charge on any atom is 0.416 e. The summed E-state index contributed by atoms with van der Waals surface area (Å²) >= 11 is 0. The summed E-state index contributed by atoms with van der Waals surface area (Å²) in [5.74, 6) is -0.606. The van der Waals surface area contributed by atoms with Crippen LogP contribution in [0.2, 0.25) is 0 Å². The minimum absolute atomic E-state index is 0.0280. The van der Waals surface area contributed by atoms with Crippen LogP contribution in [-0.2, 0) is 11.0 Å². The third-order valence-corrected chi connectivity index (χ3v) is 2.17. The van der Waals surface area contributed by atoms with Gasteiger partial charge in [0, 0.05) is 19.0 Å². The second-order valence-electron chi connectivity index (χ2n) is 3.57. The molecule has 19 heavy (non-hydrogen) atoms. The molecular weight excluding hydrogens is 267 g/mol. The summed E-state index contributed by atoms with van der Waals surface area (Å²) in [5, 5.41) is 12.8. The molecule has 0 aliphatic rings. The average Bonchev–Trinajstić information content (AvgIpc) is 2.27. The highest BCUT2D eigenvalue weighted by Gasteiger charge is 2.33. The van der Waals surface area contributed by atoms with Crippen molar-refractivity contribution in [2.75, 3.05) is 11.9 Å². The Kier molecular flexibility index (Phi) is 4.43. The molecule has 0 aromatic heterocycles. The van der Waals surface area contributed by atoms with Gasteiger partial charge in [0.15, 0.2) is 0 Å². The minimum atomic E-state index is -4.69. The van der Waals surface area contributed by atoms with Crippen molar-refractivity contribution in [1.82, 2.24) is 0 Å². The van der Waals surface area contributed by atoms with Crippen molar-refractivity contribution in [3.8, 4) is 0 Å². The molecule has 0 aliphatic carbocycles. The molecule has 104 valence electrons. The molecule has 1 rings (SSSR count). The SMILES string of the molecule is NCCC(=O)Nc1ccc(C(F)(F)F)cc1[N+](=O)[O-]. The van der Waals surface area contributed by atoms with Gasteiger partial charge in [-0.25, -0.2) is 0 Å². The highest BCUT2D eigenvalue weighted by Crippen LogP contribution is 2.34. The number of carbonyl (C=O) groups excluding carboxylic acids is 1. The Balaban J connectivity index is 3.12. The van der Waals surface area contributed by atoms with Crippen LogP contribution in [-0.4, -0.2) is 17.4 Å². The molecule has 0 saturated carbocycles. The Labute approximate surface area is 105 Å². The van der Waals surface area contributed by atoms with Crippen molar-refractivity contribution in [2.45, 2.75) is 12.6 Å². The fourth-order valence-corrected chi connectivity index (χ4v) is 1.31. The van der Waals surface area contributed by atoms with Crippen LogP contribution in [0.3, 0.4) is 0 Å². The van der Waals surface area contributed by atoms with Gasteiger partial charge in [0.25, 0.3) is 5.69 Å². The Morgan fingerprint density at radius 3 is 2.53 bits per heavy atom. The number of nitrogens with zero attached hydrogens (tertiary/aromatic N) is 1. The number of hydrogen-bond acceptors (Lipinski definition) is 4. The van der Waals surface area contributed by atoms with E-state index in [4.69, 9.17) is 5.73 Å². The largest absolute Gasteiger partial charge is 0.416 e. The number of nitrogens with one attached hydrogen (secondary N) is 1. The van der Waals surface area contributed by atoms with E-state index < -0.39 is 28.3 Å². The van der Waals surface area contributed by atoms with Crippen LogP contribution in [0.25, 0.3) is 0 Å². The van der Waals surface area contributed by atoms with E-state index in [1.54, 1.807) is 0 Å². The number of rotatable bonds is 4. The molecule has 0 heterocycles. The number of amides is 1. The van der Waals surface area contributed by atoms with Crippen molar-refractivity contribution in [3.63, 3.8) is 0 Å². The highest BCUT2D eigenvalue weighted by atomic mass is 19.4. The molecule has 1 aromatic rings. The normalized spacial score (nSPS) is 11.2. The molecule has 3 N–H and O–H groups in total. The summed E-state index contributed by atoms with van der Waals surface area (Å²) in [5.41, 5.74) is 2.85. The maximum atomic E-state index is 12.4. The first-order chi connectivity index (χ1) is 8.75. The van der Waals surface area contributed by atoms with Crippen LogP contribution in [0.15, 0.2) is 18.2 Å². The first-order valence-corrected chi connectivity index (χ1v) is 5.11. The predicted molar refractivity (Wildman–Crippen MR) is 60.4 cm³/mol. The van der Waals surface area contributed by atoms with Gasteiger partial charge in [-0.2, -0.15) is 13.2 Å². The molecule has 0 spiro atoms. The van der Waals surface area contributed by atoms with Crippen molar-refractivity contribution in [1.29, 1.82) is 0 Å². The van der Waals surface area contributed by atoms with Gasteiger partial charge in [-0.3, -0.25) is 14.9 Å². The molecule has 9 heteroatoms. The lowest BCUT2D eigenvalue weighted by Crippen LogP contribution is -2.17. The lowest BCUT2D eigenvalue weighted by molar-refractivity contribution is -0.384. The first-order valence-electron chi connectivity index (χ1n) is 5.11. The molecule has 0 fully saturated rings. The van der Waals surface area contributed by atoms with Crippen LogP contribution < -0.4 is 11.1 Å². The fraction of sp³-hybridized carbons (Fsp3) is 0.300. The van der Waals surface area contributed by atoms with E-state index in [1.807, 2.05) is 0 Å². The van der Waals surface area contributed by atoms with E-state index in [1.165, 1.54) is 0 Å². The third kappa shape index (κ3) is 3.91. The van der Waals surface area contributed by atoms with E-state index in [-0.39, 0.29) is 18.7 Å². The van der Waals surface area contributed by atoms with Crippen LogP contribution >= 0.6 is 0 Å². The molecular formula is C10H10F3N3O3. The molecule has 0 bridgehead atoms. The summed E-state index contributed by atoms with van der Waals surface area (Å²) in [6, 6.07) is 1.87. The number of carbonyl (C=O) groups is 1. The summed E-state index contributed by atoms with van der Waals surface area (Å²) in [4.78, 5) is 20.9. The van der Waals surface area contributed by atoms with E-state index in [0.29, 0.717) is 12.1 Å². The Hall–Kier alpha value is -2.16. The van der Waals surface area contributed by atoms with Crippen molar-refractivity contribution in [2.24, 2.45) is 5.73 Å². The van der Waals surface area contributed by atoms with E-state index >= 15 is 0 Å². The minimum Gasteiger partial charge on any atom is -0.330 e. The topological polar surface area (TPSA) is 98.3 Å². The molecule has 0 saturated heterocycles. The van der Waals surface area contributed by atoms with Crippen molar-refractivity contribution in [3.05, 3.63) is 33.9 Å². The van der Waals surface area contributed by atoms with Crippen LogP contribution in [0, 0.1) is 10.1 Å². The van der Waals surface area contributed by atoms with Gasteiger partial charge in [-0.1, -0.05) is 0 Å². The second kappa shape index (κ2) is 5.65. The molecule has 0 radical (unpaired) electrons. The number of nitro benzene ring substituents is 1. The summed E-state index contributed by atoms with van der Waals surface area (Å²) < 4.78 is 37.3. The number of benzene rings is 1. The van der Waals surface area contributed by atoms with Gasteiger partial charge in [0.2, 0.25) is 5.91 Å². The Morgan fingerprint density at radius 2 is 2.05 bits per heavy atom. The van der Waals surface area contributed by atoms with Crippen molar-refractivity contribution >= 4 is 17.3 Å². The monoisotopic (exact) mass is 277 g/mol. The Bertz CT molecular complexity index is 503. The maximum absolute atomic E-state index is 12.4. The van der Waals surface area contributed by atoms with Gasteiger partial charge in [-0.15, -0.1) is 0 Å². The average molecular weight is 277 g/mol. The highest BCUT2D eigenvalue weighted by molar-refractivity contribution is 5.93. The zero-order valence-corrected chi connectivity index (χ0v) is 9.53. The van der Waals surface area contributed by atoms with E-state index in [0.717, 1.165) is 6.07 Å². The second-order valence-corrected chi connectivity index (χ2v) is 3.57. The number of anilines is 1. The van der Waals surface area contributed by atoms with Crippen molar-refractivity contribution < 1.29 is 22.9 Å². The summed E-state index contributed by atoms with van der Waals surface area (Å²) in [6.45, 7) is 0.0280. The molecule has 1 aromatic carbocycles. The van der Waals surface area contributed by atoms with Gasteiger partial charge in [0.05, 0.1) is 10.5 Å². The first kappa shape index (κ1) is 14.9. The lowest BCUT2D eigenvalue weighted by Gasteiger charge is -2.09. The molecule has 0 aliphatic heterocycles. The Morgan fingerprint density at radius 1 is 1.42 bits per heavy atom. The molecule has 6 nitrogen and oxygen atoms in total. The van der Waals surface area contributed by atoms with Gasteiger partial charge >= 0.3 is 6.18 Å². The fourth-order valence-electron chi connectivity index (χ4n) is 1.31. The zero-order chi connectivity index (χ0) is 14.6. The van der Waals surface area contributed by atoms with E-state index in [9.17, 15) is 28.1 Å². The summed E-state index contributed by atoms with van der Waals surface area (Å²) in [6.07, 6.45) is -4.78. The number of alkyl halides is 3. The predicted octanol–water partition coefficient (Wildman–Crippen LogP) is 1.90. The molecule has 0 atom stereocenters. The smallest absolute Gasteiger partial charge is 0.330 e. The van der Waals surface area contributed by atoms with E-state index in [2.05, 4.69) is 5.32 Å². The third-order valence-electron chi connectivity index (χ3n) is 2.17. The quantitative estimate of drug-likeness (QED) is 0.648. The zero-order valence-electron chi connectivity index (χ0n) is 9.53. The van der Waals surface area contributed by atoms with Gasteiger partial charge in [0.1, 0.15) is 5.69 Å². The lowest BCUT2D eigenvalue weighted by atomic mass is 10.1.